The fourth-order valence-electron chi connectivity index (χ4n) is 1.51. The van der Waals surface area contributed by atoms with Gasteiger partial charge < -0.3 is 9.47 Å². The average Bonchev–Trinajstić information content (AvgIpc) is 2.43. The van der Waals surface area contributed by atoms with Gasteiger partial charge in [-0.25, -0.2) is 0 Å². The highest BCUT2D eigenvalue weighted by Gasteiger charge is 2.23. The number of hydrogen-bond acceptors (Lipinski definition) is 2. The molecule has 1 aromatic rings. The van der Waals surface area contributed by atoms with Gasteiger partial charge in [0.05, 0.1) is 7.11 Å². The van der Waals surface area contributed by atoms with Crippen LogP contribution < -0.4 is 9.47 Å². The van der Waals surface area contributed by atoms with Crippen LogP contribution in [0, 0.1) is 6.92 Å². The first-order valence-corrected chi connectivity index (χ1v) is 4.86. The van der Waals surface area contributed by atoms with E-state index in [2.05, 4.69) is 22.9 Å². The molecule has 2 rings (SSSR count). The van der Waals surface area contributed by atoms with Crippen molar-refractivity contribution in [2.45, 2.75) is 12.5 Å². The molecule has 0 N–H and O–H groups in total. The molecule has 0 aromatic heterocycles. The topological polar surface area (TPSA) is 18.5 Å². The van der Waals surface area contributed by atoms with E-state index in [1.54, 1.807) is 7.11 Å². The van der Waals surface area contributed by atoms with Crippen molar-refractivity contribution in [2.75, 3.05) is 7.11 Å². The number of ether oxygens (including phenoxy) is 2. The Kier molecular flexibility index (Phi) is 2.20. The smallest absolute Gasteiger partial charge is 0.164 e. The summed E-state index contributed by atoms with van der Waals surface area (Å²) in [7, 11) is 1.64. The Morgan fingerprint density at radius 2 is 2.38 bits per heavy atom. The second-order valence-electron chi connectivity index (χ2n) is 3.04. The molecule has 1 aromatic carbocycles. The molecule has 13 heavy (non-hydrogen) atoms. The van der Waals surface area contributed by atoms with E-state index in [1.165, 1.54) is 0 Å². The van der Waals surface area contributed by atoms with E-state index in [-0.39, 0.29) is 6.10 Å². The normalized spacial score (nSPS) is 19.5. The Bertz CT molecular complexity index is 336. The van der Waals surface area contributed by atoms with Gasteiger partial charge in [-0.3, -0.25) is 0 Å². The van der Waals surface area contributed by atoms with E-state index in [1.807, 2.05) is 12.1 Å². The number of rotatable bonds is 1. The molecule has 1 radical (unpaired) electrons. The molecule has 0 bridgehead atoms. The van der Waals surface area contributed by atoms with Crippen LogP contribution in [0.3, 0.4) is 0 Å². The first-order chi connectivity index (χ1) is 6.20. The Labute approximate surface area is 86.0 Å². The highest BCUT2D eigenvalue weighted by molar-refractivity contribution is 9.10. The molecule has 1 unspecified atom stereocenters. The summed E-state index contributed by atoms with van der Waals surface area (Å²) in [6.45, 7) is 3.86. The van der Waals surface area contributed by atoms with Gasteiger partial charge in [0.2, 0.25) is 0 Å². The monoisotopic (exact) mass is 241 g/mol. The number of halogens is 1. The number of benzene rings is 1. The van der Waals surface area contributed by atoms with Gasteiger partial charge in [-0.1, -0.05) is 15.9 Å². The van der Waals surface area contributed by atoms with Gasteiger partial charge in [-0.2, -0.15) is 0 Å². The number of methoxy groups -OCH3 is 1. The minimum absolute atomic E-state index is 0.0122. The average molecular weight is 242 g/mol. The molecule has 69 valence electrons. The van der Waals surface area contributed by atoms with Crippen molar-refractivity contribution in [1.29, 1.82) is 0 Å². The SMILES string of the molecule is [CH2]C1Cc2cc(Br)cc(OC)c2O1. The Balaban J connectivity index is 2.50. The van der Waals surface area contributed by atoms with Gasteiger partial charge in [0.15, 0.2) is 11.5 Å². The second-order valence-corrected chi connectivity index (χ2v) is 3.96. The predicted molar refractivity (Wildman–Crippen MR) is 54.2 cm³/mol. The van der Waals surface area contributed by atoms with Gasteiger partial charge in [0, 0.05) is 16.5 Å². The highest BCUT2D eigenvalue weighted by Crippen LogP contribution is 2.39. The van der Waals surface area contributed by atoms with E-state index in [0.29, 0.717) is 0 Å². The van der Waals surface area contributed by atoms with Crippen molar-refractivity contribution in [2.24, 2.45) is 0 Å². The van der Waals surface area contributed by atoms with Crippen LogP contribution in [0.4, 0.5) is 0 Å². The lowest BCUT2D eigenvalue weighted by Gasteiger charge is -2.08. The Hall–Kier alpha value is -0.700. The van der Waals surface area contributed by atoms with Gasteiger partial charge >= 0.3 is 0 Å². The molecule has 0 saturated carbocycles. The van der Waals surface area contributed by atoms with Gasteiger partial charge in [0.25, 0.3) is 0 Å². The molecule has 0 aliphatic carbocycles. The third-order valence-corrected chi connectivity index (χ3v) is 2.51. The summed E-state index contributed by atoms with van der Waals surface area (Å²) in [5, 5.41) is 0. The zero-order chi connectivity index (χ0) is 9.42. The van der Waals surface area contributed by atoms with E-state index < -0.39 is 0 Å². The van der Waals surface area contributed by atoms with Crippen molar-refractivity contribution in [1.82, 2.24) is 0 Å². The standard InChI is InChI=1S/C10H10BrO2/c1-6-3-7-4-8(11)5-9(12-2)10(7)13-6/h4-6H,1,3H2,2H3. The predicted octanol–water partition coefficient (Wildman–Crippen LogP) is 2.60. The third-order valence-electron chi connectivity index (χ3n) is 2.05. The third kappa shape index (κ3) is 1.53. The summed E-state index contributed by atoms with van der Waals surface area (Å²) in [4.78, 5) is 0. The van der Waals surface area contributed by atoms with E-state index in [4.69, 9.17) is 9.47 Å². The quantitative estimate of drug-likeness (QED) is 0.753. The molecule has 0 saturated heterocycles. The summed E-state index contributed by atoms with van der Waals surface area (Å²) in [6.07, 6.45) is 0.865. The first-order valence-electron chi connectivity index (χ1n) is 4.07. The van der Waals surface area contributed by atoms with Gasteiger partial charge in [-0.05, 0) is 19.1 Å². The highest BCUT2D eigenvalue weighted by atomic mass is 79.9. The molecule has 0 fully saturated rings. The Morgan fingerprint density at radius 3 is 3.08 bits per heavy atom. The van der Waals surface area contributed by atoms with Crippen LogP contribution in [0.25, 0.3) is 0 Å². The summed E-state index contributed by atoms with van der Waals surface area (Å²) in [6, 6.07) is 3.94. The van der Waals surface area contributed by atoms with Crippen LogP contribution in [-0.2, 0) is 6.42 Å². The van der Waals surface area contributed by atoms with Gasteiger partial charge in [0.1, 0.15) is 6.10 Å². The zero-order valence-electron chi connectivity index (χ0n) is 7.34. The zero-order valence-corrected chi connectivity index (χ0v) is 8.93. The lowest BCUT2D eigenvalue weighted by atomic mass is 10.1. The van der Waals surface area contributed by atoms with E-state index in [9.17, 15) is 0 Å². The second kappa shape index (κ2) is 3.22. The first kappa shape index (κ1) is 8.88. The van der Waals surface area contributed by atoms with Crippen LogP contribution in [-0.4, -0.2) is 13.2 Å². The molecule has 0 amide bonds. The minimum atomic E-state index is 0.0122. The molecule has 3 heteroatoms. The van der Waals surface area contributed by atoms with Crippen LogP contribution in [0.5, 0.6) is 11.5 Å². The summed E-state index contributed by atoms with van der Waals surface area (Å²) in [5.41, 5.74) is 1.16. The molecular weight excluding hydrogens is 232 g/mol. The Morgan fingerprint density at radius 1 is 1.62 bits per heavy atom. The fourth-order valence-corrected chi connectivity index (χ4v) is 2.00. The molecule has 1 aliphatic rings. The van der Waals surface area contributed by atoms with Crippen molar-refractivity contribution in [3.63, 3.8) is 0 Å². The number of fused-ring (bicyclic) bond motifs is 1. The van der Waals surface area contributed by atoms with Crippen molar-refractivity contribution < 1.29 is 9.47 Å². The summed E-state index contributed by atoms with van der Waals surface area (Å²) < 4.78 is 11.7. The van der Waals surface area contributed by atoms with Gasteiger partial charge in [-0.15, -0.1) is 0 Å². The molecule has 1 heterocycles. The molecule has 1 aliphatic heterocycles. The summed E-state index contributed by atoms with van der Waals surface area (Å²) in [5.74, 6) is 1.61. The van der Waals surface area contributed by atoms with E-state index in [0.717, 1.165) is 28.0 Å². The lowest BCUT2D eigenvalue weighted by molar-refractivity contribution is 0.266. The van der Waals surface area contributed by atoms with Crippen molar-refractivity contribution >= 4 is 15.9 Å². The maximum Gasteiger partial charge on any atom is 0.164 e. The maximum absolute atomic E-state index is 5.53. The molecule has 2 nitrogen and oxygen atoms in total. The minimum Gasteiger partial charge on any atom is -0.493 e. The van der Waals surface area contributed by atoms with Crippen molar-refractivity contribution in [3.8, 4) is 11.5 Å². The maximum atomic E-state index is 5.53. The van der Waals surface area contributed by atoms with E-state index >= 15 is 0 Å². The van der Waals surface area contributed by atoms with Crippen LogP contribution in [0.1, 0.15) is 5.56 Å². The lowest BCUT2D eigenvalue weighted by Crippen LogP contribution is -2.06. The van der Waals surface area contributed by atoms with Crippen LogP contribution >= 0.6 is 15.9 Å². The van der Waals surface area contributed by atoms with Crippen molar-refractivity contribution in [3.05, 3.63) is 29.1 Å². The van der Waals surface area contributed by atoms with Crippen LogP contribution in [0.2, 0.25) is 0 Å². The summed E-state index contributed by atoms with van der Waals surface area (Å²) >= 11 is 3.42. The largest absolute Gasteiger partial charge is 0.493 e. The fraction of sp³-hybridized carbons (Fsp3) is 0.300. The van der Waals surface area contributed by atoms with Crippen LogP contribution in [0.15, 0.2) is 16.6 Å². The number of hydrogen-bond donors (Lipinski definition) is 0. The molecule has 1 atom stereocenters. The molecular formula is C10H10BrO2. The molecule has 0 spiro atoms.